The third-order valence-electron chi connectivity index (χ3n) is 18.4. The van der Waals surface area contributed by atoms with Crippen LogP contribution in [0.25, 0.3) is 0 Å². The van der Waals surface area contributed by atoms with Crippen molar-refractivity contribution in [1.29, 1.82) is 0 Å². The second-order valence-corrected chi connectivity index (χ2v) is 21.9. The highest BCUT2D eigenvalue weighted by molar-refractivity contribution is 5.83. The van der Waals surface area contributed by atoms with Crippen LogP contribution in [-0.4, -0.2) is 23.1 Å². The van der Waals surface area contributed by atoms with Gasteiger partial charge in [0.25, 0.3) is 0 Å². The molecule has 0 aromatic heterocycles. The van der Waals surface area contributed by atoms with Crippen LogP contribution in [0.2, 0.25) is 0 Å². The zero-order chi connectivity index (χ0) is 35.6. The standard InChI is InChI=1S/C48H76O4/c1-3-5-7-9-11-13-15-47(39-20-33-17-34(22-39)23-40(47)21-33)51-43(49)45-28-37-19-38(29-45)31-46(30-37,32-45)44(50)52-48(16-14-12-10-8-6-4-2)41-24-35-18-36(26-41)27-42(48)25-35/h33-42H,3-32H2,1-2H3. The van der Waals surface area contributed by atoms with Gasteiger partial charge in [-0.15, -0.1) is 0 Å². The molecule has 0 radical (unpaired) electrons. The molecule has 0 spiro atoms. The third-order valence-corrected chi connectivity index (χ3v) is 18.4. The normalized spacial score (nSPS) is 47.3. The monoisotopic (exact) mass is 717 g/mol. The Balaban J connectivity index is 0.939. The summed E-state index contributed by atoms with van der Waals surface area (Å²) in [7, 11) is 0. The maximum absolute atomic E-state index is 15.2. The van der Waals surface area contributed by atoms with Crippen molar-refractivity contribution >= 4 is 11.9 Å². The summed E-state index contributed by atoms with van der Waals surface area (Å²) in [5.74, 6) is 6.94. The Morgan fingerprint density at radius 1 is 0.423 bits per heavy atom. The Bertz CT molecular complexity index is 1130. The minimum absolute atomic E-state index is 0.133. The van der Waals surface area contributed by atoms with Crippen molar-refractivity contribution in [3.05, 3.63) is 0 Å². The van der Waals surface area contributed by atoms with Gasteiger partial charge in [0.2, 0.25) is 0 Å². The molecule has 292 valence electrons. The number of carbonyl (C=O) groups excluding carboxylic acids is 2. The van der Waals surface area contributed by atoms with Gasteiger partial charge in [0.1, 0.15) is 11.2 Å². The fourth-order valence-corrected chi connectivity index (χ4v) is 16.9. The van der Waals surface area contributed by atoms with Gasteiger partial charge in [-0.3, -0.25) is 9.59 Å². The summed E-state index contributed by atoms with van der Waals surface area (Å²) in [5, 5.41) is 0. The first-order valence-electron chi connectivity index (χ1n) is 23.7. The summed E-state index contributed by atoms with van der Waals surface area (Å²) in [6.45, 7) is 4.60. The van der Waals surface area contributed by atoms with Crippen LogP contribution < -0.4 is 0 Å². The molecule has 0 aromatic rings. The number of esters is 2. The van der Waals surface area contributed by atoms with Crippen molar-refractivity contribution in [2.75, 3.05) is 0 Å². The highest BCUT2D eigenvalue weighted by atomic mass is 16.6. The van der Waals surface area contributed by atoms with E-state index >= 15 is 9.59 Å². The average Bonchev–Trinajstić information content (AvgIpc) is 3.10. The van der Waals surface area contributed by atoms with Crippen LogP contribution in [0.1, 0.15) is 206 Å². The molecular formula is C48H76O4. The van der Waals surface area contributed by atoms with Crippen LogP contribution in [0.5, 0.6) is 0 Å². The quantitative estimate of drug-likeness (QED) is 0.105. The highest BCUT2D eigenvalue weighted by Gasteiger charge is 2.68. The van der Waals surface area contributed by atoms with Crippen LogP contribution in [0.15, 0.2) is 0 Å². The first-order valence-corrected chi connectivity index (χ1v) is 23.7. The summed E-state index contributed by atoms with van der Waals surface area (Å²) in [4.78, 5) is 30.3. The summed E-state index contributed by atoms with van der Waals surface area (Å²) < 4.78 is 14.6. The minimum Gasteiger partial charge on any atom is -0.458 e. The molecule has 0 heterocycles. The Morgan fingerprint density at radius 2 is 0.731 bits per heavy atom. The molecule has 0 atom stereocenters. The Morgan fingerprint density at radius 3 is 1.08 bits per heavy atom. The number of hydrogen-bond donors (Lipinski definition) is 0. The molecule has 52 heavy (non-hydrogen) atoms. The van der Waals surface area contributed by atoms with E-state index in [1.54, 1.807) is 0 Å². The predicted molar refractivity (Wildman–Crippen MR) is 207 cm³/mol. The van der Waals surface area contributed by atoms with Crippen LogP contribution in [0, 0.1) is 70.0 Å². The smallest absolute Gasteiger partial charge is 0.312 e. The van der Waals surface area contributed by atoms with Crippen molar-refractivity contribution in [3.8, 4) is 0 Å². The van der Waals surface area contributed by atoms with Crippen molar-refractivity contribution in [2.45, 2.75) is 218 Å². The van der Waals surface area contributed by atoms with Gasteiger partial charge in [-0.1, -0.05) is 78.1 Å². The molecule has 0 saturated heterocycles. The minimum atomic E-state index is -0.470. The van der Waals surface area contributed by atoms with Crippen molar-refractivity contribution in [3.63, 3.8) is 0 Å². The average molecular weight is 717 g/mol. The molecule has 4 heteroatoms. The van der Waals surface area contributed by atoms with Gasteiger partial charge in [0, 0.05) is 0 Å². The molecule has 0 N–H and O–H groups in total. The summed E-state index contributed by atoms with van der Waals surface area (Å²) in [5.41, 5.74) is -1.42. The number of carbonyl (C=O) groups is 2. The van der Waals surface area contributed by atoms with Gasteiger partial charge >= 0.3 is 11.9 Å². The van der Waals surface area contributed by atoms with E-state index in [9.17, 15) is 0 Å². The van der Waals surface area contributed by atoms with E-state index in [1.165, 1.54) is 148 Å². The van der Waals surface area contributed by atoms with Crippen molar-refractivity contribution in [2.24, 2.45) is 70.0 Å². The topological polar surface area (TPSA) is 52.6 Å². The molecule has 0 amide bonds. The molecule has 12 aliphatic carbocycles. The van der Waals surface area contributed by atoms with E-state index in [4.69, 9.17) is 9.47 Å². The zero-order valence-corrected chi connectivity index (χ0v) is 33.6. The number of rotatable bonds is 18. The van der Waals surface area contributed by atoms with Crippen molar-refractivity contribution < 1.29 is 19.1 Å². The fraction of sp³-hybridized carbons (Fsp3) is 0.958. The largest absolute Gasteiger partial charge is 0.458 e. The van der Waals surface area contributed by atoms with Gasteiger partial charge in [-0.05, 0) is 188 Å². The lowest BCUT2D eigenvalue weighted by atomic mass is 9.43. The van der Waals surface area contributed by atoms with Crippen LogP contribution in [-0.2, 0) is 19.1 Å². The van der Waals surface area contributed by atoms with Crippen LogP contribution in [0.4, 0.5) is 0 Å². The van der Waals surface area contributed by atoms with E-state index in [1.807, 2.05) is 0 Å². The molecule has 0 aliphatic heterocycles. The van der Waals surface area contributed by atoms with E-state index in [0.29, 0.717) is 41.9 Å². The molecule has 12 bridgehead atoms. The maximum atomic E-state index is 15.2. The van der Waals surface area contributed by atoms with Crippen LogP contribution >= 0.6 is 0 Å². The Hall–Kier alpha value is -1.06. The predicted octanol–water partition coefficient (Wildman–Crippen LogP) is 12.6. The van der Waals surface area contributed by atoms with Gasteiger partial charge in [0.05, 0.1) is 10.8 Å². The lowest BCUT2D eigenvalue weighted by Gasteiger charge is -2.64. The van der Waals surface area contributed by atoms with E-state index in [2.05, 4.69) is 13.8 Å². The van der Waals surface area contributed by atoms with Gasteiger partial charge in [0.15, 0.2) is 0 Å². The fourth-order valence-electron chi connectivity index (χ4n) is 16.9. The molecule has 12 rings (SSSR count). The van der Waals surface area contributed by atoms with Crippen LogP contribution in [0.3, 0.4) is 0 Å². The molecule has 12 fully saturated rings. The molecule has 0 unspecified atom stereocenters. The SMILES string of the molecule is CCCCCCCCC1(OC(=O)C23CC4CC(C2)CC(C(=O)OC2(CCCCCCCC)C5CC6CC(C5)CC2C6)(C4)C3)C2CC3CC(C2)CC1C3. The summed E-state index contributed by atoms with van der Waals surface area (Å²) in [6, 6.07) is 0. The molecule has 4 nitrogen and oxygen atoms in total. The number of unbranched alkanes of at least 4 members (excludes halogenated alkanes) is 10. The van der Waals surface area contributed by atoms with E-state index < -0.39 is 10.8 Å². The second-order valence-electron chi connectivity index (χ2n) is 21.9. The van der Waals surface area contributed by atoms with Crippen molar-refractivity contribution in [1.82, 2.24) is 0 Å². The van der Waals surface area contributed by atoms with E-state index in [-0.39, 0.29) is 23.1 Å². The lowest BCUT2D eigenvalue weighted by molar-refractivity contribution is -0.243. The Labute approximate surface area is 317 Å². The molecule has 12 aliphatic rings. The summed E-state index contributed by atoms with van der Waals surface area (Å²) in [6.07, 6.45) is 36.6. The second kappa shape index (κ2) is 14.5. The first-order chi connectivity index (χ1) is 25.3. The molecule has 12 saturated carbocycles. The summed E-state index contributed by atoms with van der Waals surface area (Å²) >= 11 is 0. The molecular weight excluding hydrogens is 641 g/mol. The van der Waals surface area contributed by atoms with Gasteiger partial charge < -0.3 is 9.47 Å². The highest BCUT2D eigenvalue weighted by Crippen LogP contribution is 2.69. The zero-order valence-electron chi connectivity index (χ0n) is 33.6. The van der Waals surface area contributed by atoms with Gasteiger partial charge in [-0.2, -0.15) is 0 Å². The number of hydrogen-bond acceptors (Lipinski definition) is 4. The van der Waals surface area contributed by atoms with Gasteiger partial charge in [-0.25, -0.2) is 0 Å². The first kappa shape index (κ1) is 36.6. The maximum Gasteiger partial charge on any atom is 0.312 e. The third kappa shape index (κ3) is 6.36. The molecule has 0 aromatic carbocycles. The lowest BCUT2D eigenvalue weighted by Crippen LogP contribution is -2.64. The van der Waals surface area contributed by atoms with E-state index in [0.717, 1.165) is 62.2 Å². The number of ether oxygens (including phenoxy) is 2. The Kier molecular flexibility index (Phi) is 10.2.